The Hall–Kier alpha value is -1.75. The van der Waals surface area contributed by atoms with E-state index in [0.717, 1.165) is 0 Å². The van der Waals surface area contributed by atoms with Crippen molar-refractivity contribution in [3.05, 3.63) is 60.7 Å². The summed E-state index contributed by atoms with van der Waals surface area (Å²) >= 11 is 0. The van der Waals surface area contributed by atoms with Gasteiger partial charge >= 0.3 is 0 Å². The zero-order valence-corrected chi connectivity index (χ0v) is 17.4. The molecule has 3 nitrogen and oxygen atoms in total. The Morgan fingerprint density at radius 1 is 1.00 bits per heavy atom. The van der Waals surface area contributed by atoms with Crippen LogP contribution in [0.3, 0.4) is 0 Å². The zero-order valence-electron chi connectivity index (χ0n) is 16.4. The summed E-state index contributed by atoms with van der Waals surface area (Å²) in [6, 6.07) is 20.9. The van der Waals surface area contributed by atoms with Gasteiger partial charge in [0, 0.05) is 19.1 Å². The van der Waals surface area contributed by atoms with E-state index in [0.29, 0.717) is 19.4 Å². The molecule has 0 fully saturated rings. The molecule has 0 unspecified atom stereocenters. The number of carbonyl (C=O) groups is 1. The molecule has 0 amide bonds. The van der Waals surface area contributed by atoms with Crippen LogP contribution in [-0.2, 0) is 9.22 Å². The lowest BCUT2D eigenvalue weighted by Gasteiger charge is -2.43. The van der Waals surface area contributed by atoms with Crippen molar-refractivity contribution in [1.29, 1.82) is 0 Å². The minimum absolute atomic E-state index is 0.0595. The molecular weight excluding hydrogens is 338 g/mol. The van der Waals surface area contributed by atoms with Gasteiger partial charge in [-0.2, -0.15) is 0 Å². The van der Waals surface area contributed by atoms with E-state index in [9.17, 15) is 4.79 Å². The van der Waals surface area contributed by atoms with Crippen molar-refractivity contribution in [3.63, 3.8) is 0 Å². The van der Waals surface area contributed by atoms with E-state index in [1.165, 1.54) is 10.4 Å². The summed E-state index contributed by atoms with van der Waals surface area (Å²) in [5, 5.41) is 2.44. The third kappa shape index (κ3) is 4.70. The summed E-state index contributed by atoms with van der Waals surface area (Å²) in [5.41, 5.74) is 6.27. The first-order valence-corrected chi connectivity index (χ1v) is 11.2. The predicted octanol–water partition coefficient (Wildman–Crippen LogP) is 3.26. The monoisotopic (exact) mass is 369 g/mol. The molecule has 1 atom stereocenters. The lowest BCUT2D eigenvalue weighted by molar-refractivity contribution is -0.117. The maximum Gasteiger partial charge on any atom is 0.261 e. The highest BCUT2D eigenvalue weighted by Gasteiger charge is 2.50. The van der Waals surface area contributed by atoms with Gasteiger partial charge in [-0.3, -0.25) is 0 Å². The molecule has 0 saturated carbocycles. The van der Waals surface area contributed by atoms with Gasteiger partial charge in [-0.05, 0) is 28.8 Å². The van der Waals surface area contributed by atoms with E-state index in [2.05, 4.69) is 69.3 Å². The lowest BCUT2D eigenvalue weighted by Crippen LogP contribution is -2.67. The summed E-state index contributed by atoms with van der Waals surface area (Å²) in [6.45, 7) is 8.82. The van der Waals surface area contributed by atoms with Gasteiger partial charge < -0.3 is 15.0 Å². The molecule has 2 aromatic carbocycles. The highest BCUT2D eigenvalue weighted by atomic mass is 28.4. The number of hydrogen-bond donors (Lipinski definition) is 1. The molecule has 0 saturated heterocycles. The molecule has 0 radical (unpaired) electrons. The van der Waals surface area contributed by atoms with Gasteiger partial charge in [-0.1, -0.05) is 81.4 Å². The van der Waals surface area contributed by atoms with Crippen molar-refractivity contribution in [1.82, 2.24) is 0 Å². The number of hydrogen-bond acceptors (Lipinski definition) is 3. The van der Waals surface area contributed by atoms with Crippen LogP contribution >= 0.6 is 0 Å². The summed E-state index contributed by atoms with van der Waals surface area (Å²) in [7, 11) is -2.53. The normalized spacial score (nSPS) is 13.4. The van der Waals surface area contributed by atoms with E-state index in [-0.39, 0.29) is 16.9 Å². The summed E-state index contributed by atoms with van der Waals surface area (Å²) in [6.07, 6.45) is 1.17. The van der Waals surface area contributed by atoms with Crippen LogP contribution in [0.4, 0.5) is 0 Å². The third-order valence-corrected chi connectivity index (χ3v) is 9.80. The maximum atomic E-state index is 11.3. The quantitative estimate of drug-likeness (QED) is 0.727. The van der Waals surface area contributed by atoms with E-state index in [1.807, 2.05) is 12.1 Å². The van der Waals surface area contributed by atoms with E-state index >= 15 is 0 Å². The fraction of sp³-hybridized carbons (Fsp3) is 0.409. The molecule has 0 spiro atoms. The van der Waals surface area contributed by atoms with Crippen molar-refractivity contribution in [2.75, 3.05) is 6.61 Å². The van der Waals surface area contributed by atoms with Crippen LogP contribution in [-0.4, -0.2) is 26.7 Å². The maximum absolute atomic E-state index is 11.3. The molecule has 0 heterocycles. The molecule has 2 aromatic rings. The Kier molecular flexibility index (Phi) is 6.92. The van der Waals surface area contributed by atoms with E-state index in [1.54, 1.807) is 6.92 Å². The van der Waals surface area contributed by atoms with Crippen molar-refractivity contribution in [2.45, 2.75) is 51.6 Å². The van der Waals surface area contributed by atoms with Gasteiger partial charge in [-0.15, -0.1) is 0 Å². The molecule has 140 valence electrons. The largest absolute Gasteiger partial charge is 0.406 e. The van der Waals surface area contributed by atoms with Crippen LogP contribution in [0.2, 0.25) is 5.04 Å². The summed E-state index contributed by atoms with van der Waals surface area (Å²) in [4.78, 5) is 11.3. The molecule has 26 heavy (non-hydrogen) atoms. The molecule has 0 aliphatic rings. The Bertz CT molecular complexity index is 656. The van der Waals surface area contributed by atoms with Gasteiger partial charge in [0.05, 0.1) is 0 Å². The molecule has 0 aliphatic heterocycles. The standard InChI is InChI=1S/C22H31NO2Si/c1-18(24)15-16-19(23)17-25-26(22(2,3)4,20-11-7-5-8-12-20)21-13-9-6-10-14-21/h5-14,19H,15-17,23H2,1-4H3/t19-/m0/s1. The first kappa shape index (κ1) is 20.6. The molecule has 0 aliphatic carbocycles. The Morgan fingerprint density at radius 3 is 1.85 bits per heavy atom. The van der Waals surface area contributed by atoms with Gasteiger partial charge in [0.15, 0.2) is 0 Å². The Balaban J connectivity index is 2.42. The fourth-order valence-electron chi connectivity index (χ4n) is 3.47. The van der Waals surface area contributed by atoms with Crippen LogP contribution in [0.15, 0.2) is 60.7 Å². The highest BCUT2D eigenvalue weighted by molar-refractivity contribution is 6.99. The number of carbonyl (C=O) groups excluding carboxylic acids is 1. The molecule has 0 aromatic heterocycles. The second kappa shape index (κ2) is 8.76. The lowest BCUT2D eigenvalue weighted by atomic mass is 10.1. The van der Waals surface area contributed by atoms with Gasteiger partial charge in [0.1, 0.15) is 5.78 Å². The predicted molar refractivity (Wildman–Crippen MR) is 111 cm³/mol. The molecule has 0 bridgehead atoms. The number of Topliss-reactive ketones (excluding diaryl/α,β-unsaturated/α-hetero) is 1. The molecule has 2 N–H and O–H groups in total. The van der Waals surface area contributed by atoms with E-state index in [4.69, 9.17) is 10.2 Å². The van der Waals surface area contributed by atoms with Crippen LogP contribution < -0.4 is 16.1 Å². The van der Waals surface area contributed by atoms with Crippen LogP contribution in [0.5, 0.6) is 0 Å². The molecular formula is C22H31NO2Si. The average Bonchev–Trinajstić information content (AvgIpc) is 2.61. The van der Waals surface area contributed by atoms with Crippen LogP contribution in [0.25, 0.3) is 0 Å². The molecule has 2 rings (SSSR count). The minimum atomic E-state index is -2.53. The van der Waals surface area contributed by atoms with E-state index < -0.39 is 8.32 Å². The second-order valence-corrected chi connectivity index (χ2v) is 12.3. The van der Waals surface area contributed by atoms with Crippen molar-refractivity contribution in [3.8, 4) is 0 Å². The van der Waals surface area contributed by atoms with Gasteiger partial charge in [-0.25, -0.2) is 0 Å². The highest BCUT2D eigenvalue weighted by Crippen LogP contribution is 2.36. The Morgan fingerprint density at radius 2 is 1.46 bits per heavy atom. The SMILES string of the molecule is CC(=O)CC[C@H](N)CO[Si](c1ccccc1)(c1ccccc1)C(C)(C)C. The smallest absolute Gasteiger partial charge is 0.261 e. The van der Waals surface area contributed by atoms with Gasteiger partial charge in [0.25, 0.3) is 8.32 Å². The summed E-state index contributed by atoms with van der Waals surface area (Å²) in [5.74, 6) is 0.172. The fourth-order valence-corrected chi connectivity index (χ4v) is 8.09. The number of benzene rings is 2. The average molecular weight is 370 g/mol. The van der Waals surface area contributed by atoms with Crippen LogP contribution in [0.1, 0.15) is 40.5 Å². The van der Waals surface area contributed by atoms with Crippen molar-refractivity contribution in [2.24, 2.45) is 5.73 Å². The van der Waals surface area contributed by atoms with Crippen LogP contribution in [0, 0.1) is 0 Å². The number of ketones is 1. The molecule has 4 heteroatoms. The number of rotatable bonds is 8. The minimum Gasteiger partial charge on any atom is -0.406 e. The first-order valence-electron chi connectivity index (χ1n) is 9.27. The van der Waals surface area contributed by atoms with Crippen molar-refractivity contribution >= 4 is 24.5 Å². The third-order valence-electron chi connectivity index (χ3n) is 4.80. The number of nitrogens with two attached hydrogens (primary N) is 1. The first-order chi connectivity index (χ1) is 12.3. The topological polar surface area (TPSA) is 52.3 Å². The summed E-state index contributed by atoms with van der Waals surface area (Å²) < 4.78 is 6.76. The van der Waals surface area contributed by atoms with Gasteiger partial charge in [0.2, 0.25) is 0 Å². The Labute approximate surface area is 158 Å². The van der Waals surface area contributed by atoms with Crippen molar-refractivity contribution < 1.29 is 9.22 Å². The zero-order chi connectivity index (χ0) is 19.2. The second-order valence-electron chi connectivity index (χ2n) is 7.98.